The number of aromatic nitrogens is 5. The van der Waals surface area contributed by atoms with Crippen molar-refractivity contribution in [2.75, 3.05) is 31.1 Å². The topological polar surface area (TPSA) is 103 Å². The average molecular weight is 261 g/mol. The number of hydrogen-bond donors (Lipinski definition) is 3. The van der Waals surface area contributed by atoms with Gasteiger partial charge in [-0.3, -0.25) is 9.89 Å². The van der Waals surface area contributed by atoms with Crippen molar-refractivity contribution in [3.8, 4) is 11.5 Å². The van der Waals surface area contributed by atoms with Crippen molar-refractivity contribution in [1.29, 1.82) is 0 Å². The lowest BCUT2D eigenvalue weighted by Crippen LogP contribution is -2.28. The van der Waals surface area contributed by atoms with Crippen LogP contribution in [0.4, 0.5) is 5.95 Å². The van der Waals surface area contributed by atoms with Crippen LogP contribution in [-0.2, 0) is 0 Å². The van der Waals surface area contributed by atoms with Crippen LogP contribution >= 0.6 is 0 Å². The van der Waals surface area contributed by atoms with Crippen LogP contribution in [0, 0.1) is 0 Å². The van der Waals surface area contributed by atoms with Crippen LogP contribution in [0.15, 0.2) is 16.9 Å². The molecule has 8 heteroatoms. The molecule has 3 N–H and O–H groups in total. The zero-order chi connectivity index (χ0) is 13.1. The van der Waals surface area contributed by atoms with Gasteiger partial charge in [-0.2, -0.15) is 10.1 Å². The highest BCUT2D eigenvalue weighted by Crippen LogP contribution is 2.14. The summed E-state index contributed by atoms with van der Waals surface area (Å²) >= 11 is 0. The van der Waals surface area contributed by atoms with Gasteiger partial charge in [0.1, 0.15) is 5.69 Å². The molecule has 3 rings (SSSR count). The molecule has 19 heavy (non-hydrogen) atoms. The third-order valence-corrected chi connectivity index (χ3v) is 3.02. The first-order valence-electron chi connectivity index (χ1n) is 6.27. The highest BCUT2D eigenvalue weighted by atomic mass is 16.1. The molecular formula is C11H15N7O. The summed E-state index contributed by atoms with van der Waals surface area (Å²) in [6, 6.07) is 3.04. The molecule has 8 nitrogen and oxygen atoms in total. The molecule has 0 spiro atoms. The van der Waals surface area contributed by atoms with Crippen LogP contribution in [0.1, 0.15) is 6.42 Å². The van der Waals surface area contributed by atoms with Gasteiger partial charge >= 0.3 is 0 Å². The molecule has 2 aromatic rings. The van der Waals surface area contributed by atoms with Gasteiger partial charge < -0.3 is 10.2 Å². The van der Waals surface area contributed by atoms with Gasteiger partial charge in [0.2, 0.25) is 5.95 Å². The number of anilines is 1. The van der Waals surface area contributed by atoms with E-state index in [0.29, 0.717) is 17.5 Å². The van der Waals surface area contributed by atoms with Gasteiger partial charge in [0, 0.05) is 25.7 Å². The van der Waals surface area contributed by atoms with Crippen LogP contribution in [0.25, 0.3) is 11.5 Å². The maximum absolute atomic E-state index is 11.0. The fourth-order valence-corrected chi connectivity index (χ4v) is 2.03. The summed E-state index contributed by atoms with van der Waals surface area (Å²) in [4.78, 5) is 17.5. The molecule has 100 valence electrons. The van der Waals surface area contributed by atoms with Crippen molar-refractivity contribution in [2.24, 2.45) is 0 Å². The molecular weight excluding hydrogens is 246 g/mol. The van der Waals surface area contributed by atoms with E-state index in [1.165, 1.54) is 6.07 Å². The van der Waals surface area contributed by atoms with E-state index in [1.54, 1.807) is 6.07 Å². The number of nitrogens with zero attached hydrogens (tertiary/aromatic N) is 4. The van der Waals surface area contributed by atoms with E-state index in [4.69, 9.17) is 0 Å². The second-order valence-electron chi connectivity index (χ2n) is 4.38. The van der Waals surface area contributed by atoms with E-state index in [0.717, 1.165) is 32.6 Å². The predicted molar refractivity (Wildman–Crippen MR) is 69.9 cm³/mol. The summed E-state index contributed by atoms with van der Waals surface area (Å²) in [6.07, 6.45) is 1.07. The third kappa shape index (κ3) is 2.63. The smallest absolute Gasteiger partial charge is 0.264 e. The molecule has 1 aliphatic rings. The summed E-state index contributed by atoms with van der Waals surface area (Å²) < 4.78 is 0. The van der Waals surface area contributed by atoms with E-state index in [9.17, 15) is 4.79 Å². The second-order valence-corrected chi connectivity index (χ2v) is 4.38. The Kier molecular flexibility index (Phi) is 3.23. The molecule has 3 heterocycles. The van der Waals surface area contributed by atoms with E-state index in [-0.39, 0.29) is 5.56 Å². The Hall–Kier alpha value is -2.22. The van der Waals surface area contributed by atoms with E-state index < -0.39 is 0 Å². The van der Waals surface area contributed by atoms with Gasteiger partial charge in [0.15, 0.2) is 5.82 Å². The van der Waals surface area contributed by atoms with Crippen LogP contribution in [0.3, 0.4) is 0 Å². The number of hydrogen-bond acceptors (Lipinski definition) is 6. The Morgan fingerprint density at radius 1 is 1.11 bits per heavy atom. The first-order chi connectivity index (χ1) is 9.33. The lowest BCUT2D eigenvalue weighted by Gasteiger charge is -2.16. The SMILES string of the molecule is O=c1ccc(-c2nc(N3CCCNCC3)n[nH]2)n[nH]1. The fourth-order valence-electron chi connectivity index (χ4n) is 2.03. The molecule has 0 bridgehead atoms. The summed E-state index contributed by atoms with van der Waals surface area (Å²) in [5.41, 5.74) is 0.341. The van der Waals surface area contributed by atoms with Gasteiger partial charge in [-0.25, -0.2) is 5.10 Å². The fraction of sp³-hybridized carbons (Fsp3) is 0.455. The molecule has 0 atom stereocenters. The Morgan fingerprint density at radius 2 is 2.05 bits per heavy atom. The highest BCUT2D eigenvalue weighted by Gasteiger charge is 2.15. The molecule has 0 aromatic carbocycles. The summed E-state index contributed by atoms with van der Waals surface area (Å²) in [5.74, 6) is 1.23. The Balaban J connectivity index is 1.82. The molecule has 1 saturated heterocycles. The van der Waals surface area contributed by atoms with E-state index >= 15 is 0 Å². The zero-order valence-corrected chi connectivity index (χ0v) is 10.4. The van der Waals surface area contributed by atoms with Crippen molar-refractivity contribution in [1.82, 2.24) is 30.7 Å². The van der Waals surface area contributed by atoms with Gasteiger partial charge in [0.25, 0.3) is 5.56 Å². The summed E-state index contributed by atoms with van der Waals surface area (Å²) in [6.45, 7) is 3.77. The Labute approximate surface area is 109 Å². The molecule has 0 aliphatic carbocycles. The van der Waals surface area contributed by atoms with Gasteiger partial charge in [-0.15, -0.1) is 5.10 Å². The van der Waals surface area contributed by atoms with Gasteiger partial charge in [0.05, 0.1) is 0 Å². The van der Waals surface area contributed by atoms with Crippen molar-refractivity contribution in [3.63, 3.8) is 0 Å². The summed E-state index contributed by atoms with van der Waals surface area (Å²) in [7, 11) is 0. The highest BCUT2D eigenvalue weighted by molar-refractivity contribution is 5.50. The van der Waals surface area contributed by atoms with Crippen LogP contribution in [0.2, 0.25) is 0 Å². The van der Waals surface area contributed by atoms with Crippen LogP contribution in [-0.4, -0.2) is 51.6 Å². The largest absolute Gasteiger partial charge is 0.338 e. The quantitative estimate of drug-likeness (QED) is 0.664. The standard InChI is InChI=1S/C11H15N7O/c19-9-3-2-8(14-15-9)10-13-11(17-16-10)18-6-1-4-12-5-7-18/h2-3,12H,1,4-7H2,(H,15,19)(H,13,16,17). The van der Waals surface area contributed by atoms with Gasteiger partial charge in [-0.05, 0) is 19.0 Å². The minimum atomic E-state index is -0.234. The first-order valence-corrected chi connectivity index (χ1v) is 6.27. The normalized spacial score (nSPS) is 16.3. The lowest BCUT2D eigenvalue weighted by atomic mass is 10.4. The number of aromatic amines is 2. The number of nitrogens with one attached hydrogen (secondary N) is 3. The number of H-pyrrole nitrogens is 2. The molecule has 0 radical (unpaired) electrons. The maximum atomic E-state index is 11.0. The molecule has 1 fully saturated rings. The van der Waals surface area contributed by atoms with Crippen molar-refractivity contribution < 1.29 is 0 Å². The van der Waals surface area contributed by atoms with Crippen molar-refractivity contribution in [2.45, 2.75) is 6.42 Å². The Morgan fingerprint density at radius 3 is 2.89 bits per heavy atom. The summed E-state index contributed by atoms with van der Waals surface area (Å²) in [5, 5.41) is 16.7. The maximum Gasteiger partial charge on any atom is 0.264 e. The monoisotopic (exact) mass is 261 g/mol. The van der Waals surface area contributed by atoms with E-state index in [1.807, 2.05) is 0 Å². The van der Waals surface area contributed by atoms with E-state index in [2.05, 4.69) is 35.6 Å². The predicted octanol–water partition coefficient (Wildman–Crippen LogP) is -0.645. The third-order valence-electron chi connectivity index (χ3n) is 3.02. The average Bonchev–Trinajstić information content (AvgIpc) is 2.76. The molecule has 2 aromatic heterocycles. The Bertz CT molecular complexity index is 577. The van der Waals surface area contributed by atoms with Crippen molar-refractivity contribution in [3.05, 3.63) is 22.5 Å². The van der Waals surface area contributed by atoms with Gasteiger partial charge in [-0.1, -0.05) is 0 Å². The lowest BCUT2D eigenvalue weighted by molar-refractivity contribution is 0.724. The first kappa shape index (κ1) is 11.8. The van der Waals surface area contributed by atoms with Crippen molar-refractivity contribution >= 4 is 5.95 Å². The van der Waals surface area contributed by atoms with Crippen LogP contribution < -0.4 is 15.8 Å². The second kappa shape index (κ2) is 5.19. The minimum absolute atomic E-state index is 0.234. The zero-order valence-electron chi connectivity index (χ0n) is 10.4. The van der Waals surface area contributed by atoms with Crippen LogP contribution in [0.5, 0.6) is 0 Å². The number of rotatable bonds is 2. The molecule has 0 amide bonds. The molecule has 1 aliphatic heterocycles. The minimum Gasteiger partial charge on any atom is -0.338 e. The molecule has 0 saturated carbocycles. The molecule has 0 unspecified atom stereocenters.